The van der Waals surface area contributed by atoms with E-state index in [1.165, 1.54) is 4.88 Å². The van der Waals surface area contributed by atoms with Gasteiger partial charge in [0.1, 0.15) is 5.65 Å². The zero-order valence-corrected chi connectivity index (χ0v) is 19.2. The van der Waals surface area contributed by atoms with Gasteiger partial charge in [-0.05, 0) is 32.9 Å². The first-order valence-corrected chi connectivity index (χ1v) is 9.85. The molecule has 0 saturated carbocycles. The zero-order chi connectivity index (χ0) is 18.4. The van der Waals surface area contributed by atoms with E-state index in [0.29, 0.717) is 0 Å². The maximum atomic E-state index is 4.66. The molecule has 0 bridgehead atoms. The van der Waals surface area contributed by atoms with Gasteiger partial charge in [-0.15, -0.1) is 35.3 Å². The monoisotopic (exact) mass is 498 g/mol. The molecule has 0 fully saturated rings. The lowest BCUT2D eigenvalue weighted by Gasteiger charge is -2.10. The van der Waals surface area contributed by atoms with Gasteiger partial charge >= 0.3 is 0 Å². The standard InChI is InChI=1S/C19H26N6S.HI/c1-4-20-19(22-11-9-18-23-14(2)15(3)26-18)21-10-8-16-13-25-12-6-5-7-17(25)24-16;/h5-7,12-13H,4,8-11H2,1-3H3,(H2,20,21,22);1H. The number of nitrogens with one attached hydrogen (secondary N) is 2. The molecule has 3 heterocycles. The summed E-state index contributed by atoms with van der Waals surface area (Å²) in [5.74, 6) is 0.848. The Balaban J connectivity index is 0.00000261. The van der Waals surface area contributed by atoms with Crippen molar-refractivity contribution in [2.24, 2.45) is 4.99 Å². The van der Waals surface area contributed by atoms with Crippen LogP contribution in [0, 0.1) is 13.8 Å². The van der Waals surface area contributed by atoms with Crippen LogP contribution in [0.3, 0.4) is 0 Å². The predicted molar refractivity (Wildman–Crippen MR) is 124 cm³/mol. The first-order valence-electron chi connectivity index (χ1n) is 9.03. The third kappa shape index (κ3) is 6.17. The lowest BCUT2D eigenvalue weighted by Crippen LogP contribution is -2.38. The third-order valence-electron chi connectivity index (χ3n) is 4.10. The van der Waals surface area contributed by atoms with Crippen LogP contribution in [0.5, 0.6) is 0 Å². The summed E-state index contributed by atoms with van der Waals surface area (Å²) in [6.45, 7) is 8.62. The first kappa shape index (κ1) is 21.6. The van der Waals surface area contributed by atoms with E-state index in [-0.39, 0.29) is 24.0 Å². The van der Waals surface area contributed by atoms with E-state index >= 15 is 0 Å². The SMILES string of the molecule is CCNC(=NCCc1nc(C)c(C)s1)NCCc1cn2ccccc2n1.I. The van der Waals surface area contributed by atoms with Gasteiger partial charge in [0.25, 0.3) is 0 Å². The fourth-order valence-corrected chi connectivity index (χ4v) is 3.59. The van der Waals surface area contributed by atoms with Gasteiger partial charge in [-0.25, -0.2) is 9.97 Å². The van der Waals surface area contributed by atoms with Gasteiger partial charge < -0.3 is 15.0 Å². The maximum Gasteiger partial charge on any atom is 0.191 e. The molecule has 146 valence electrons. The number of aliphatic imine (C=N–C) groups is 1. The molecule has 3 aromatic rings. The number of thiazole rings is 1. The van der Waals surface area contributed by atoms with E-state index in [2.05, 4.69) is 52.6 Å². The molecule has 3 rings (SSSR count). The van der Waals surface area contributed by atoms with Crippen molar-refractivity contribution in [2.45, 2.75) is 33.6 Å². The third-order valence-corrected chi connectivity index (χ3v) is 5.23. The number of hydrogen-bond donors (Lipinski definition) is 2. The summed E-state index contributed by atoms with van der Waals surface area (Å²) in [5.41, 5.74) is 3.19. The Morgan fingerprint density at radius 3 is 2.74 bits per heavy atom. The van der Waals surface area contributed by atoms with Gasteiger partial charge in [0.2, 0.25) is 0 Å². The molecule has 0 radical (unpaired) electrons. The fraction of sp³-hybridized carbons (Fsp3) is 0.421. The van der Waals surface area contributed by atoms with Crippen LogP contribution in [0.25, 0.3) is 5.65 Å². The molecule has 0 saturated heterocycles. The van der Waals surface area contributed by atoms with E-state index in [9.17, 15) is 0 Å². The minimum absolute atomic E-state index is 0. The van der Waals surface area contributed by atoms with E-state index in [0.717, 1.165) is 60.5 Å². The molecule has 2 N–H and O–H groups in total. The Morgan fingerprint density at radius 2 is 2.04 bits per heavy atom. The molecule has 8 heteroatoms. The van der Waals surface area contributed by atoms with Crippen molar-refractivity contribution in [3.63, 3.8) is 0 Å². The number of nitrogens with zero attached hydrogens (tertiary/aromatic N) is 4. The second-order valence-corrected chi connectivity index (χ2v) is 7.42. The molecule has 0 atom stereocenters. The highest BCUT2D eigenvalue weighted by Gasteiger charge is 2.04. The molecule has 0 aliphatic rings. The van der Waals surface area contributed by atoms with Crippen LogP contribution in [-0.2, 0) is 12.8 Å². The highest BCUT2D eigenvalue weighted by atomic mass is 127. The average molecular weight is 498 g/mol. The summed E-state index contributed by atoms with van der Waals surface area (Å²) in [5, 5.41) is 7.84. The second kappa shape index (κ2) is 10.6. The van der Waals surface area contributed by atoms with Crippen molar-refractivity contribution in [1.82, 2.24) is 25.0 Å². The largest absolute Gasteiger partial charge is 0.357 e. The molecule has 6 nitrogen and oxygen atoms in total. The van der Waals surface area contributed by atoms with Crippen LogP contribution >= 0.6 is 35.3 Å². The molecule has 0 amide bonds. The highest BCUT2D eigenvalue weighted by Crippen LogP contribution is 2.16. The number of pyridine rings is 1. The average Bonchev–Trinajstić information content (AvgIpc) is 3.17. The van der Waals surface area contributed by atoms with Gasteiger partial charge in [-0.3, -0.25) is 4.99 Å². The summed E-state index contributed by atoms with van der Waals surface area (Å²) >= 11 is 1.76. The van der Waals surface area contributed by atoms with Crippen molar-refractivity contribution in [3.8, 4) is 0 Å². The quantitative estimate of drug-likeness (QED) is 0.298. The Bertz CT molecular complexity index is 833. The number of halogens is 1. The Kier molecular flexibility index (Phi) is 8.49. The van der Waals surface area contributed by atoms with Gasteiger partial charge in [0.15, 0.2) is 5.96 Å². The van der Waals surface area contributed by atoms with E-state index in [4.69, 9.17) is 0 Å². The number of guanidine groups is 1. The zero-order valence-electron chi connectivity index (χ0n) is 16.0. The molecule has 27 heavy (non-hydrogen) atoms. The number of hydrogen-bond acceptors (Lipinski definition) is 4. The minimum Gasteiger partial charge on any atom is -0.357 e. The van der Waals surface area contributed by atoms with Crippen molar-refractivity contribution in [1.29, 1.82) is 0 Å². The lowest BCUT2D eigenvalue weighted by molar-refractivity contribution is 0.788. The van der Waals surface area contributed by atoms with Crippen molar-refractivity contribution in [3.05, 3.63) is 51.9 Å². The van der Waals surface area contributed by atoms with Gasteiger partial charge in [0.05, 0.1) is 16.4 Å². The number of rotatable bonds is 7. The molecular weight excluding hydrogens is 471 g/mol. The first-order chi connectivity index (χ1) is 12.7. The number of aryl methyl sites for hydroxylation is 2. The molecule has 0 aliphatic heterocycles. The van der Waals surface area contributed by atoms with Crippen LogP contribution < -0.4 is 10.6 Å². The van der Waals surface area contributed by atoms with Crippen molar-refractivity contribution >= 4 is 46.9 Å². The molecule has 3 aromatic heterocycles. The fourth-order valence-electron chi connectivity index (χ4n) is 2.67. The molecule has 0 unspecified atom stereocenters. The van der Waals surface area contributed by atoms with E-state index in [1.54, 1.807) is 11.3 Å². The molecular formula is C19H27IN6S. The van der Waals surface area contributed by atoms with Gasteiger partial charge in [-0.1, -0.05) is 6.07 Å². The minimum atomic E-state index is 0. The number of fused-ring (bicyclic) bond motifs is 1. The van der Waals surface area contributed by atoms with Crippen LogP contribution in [0.15, 0.2) is 35.6 Å². The normalized spacial score (nSPS) is 11.4. The summed E-state index contributed by atoms with van der Waals surface area (Å²) < 4.78 is 2.05. The maximum absolute atomic E-state index is 4.66. The number of aromatic nitrogens is 3. The predicted octanol–water partition coefficient (Wildman–Crippen LogP) is 3.37. The van der Waals surface area contributed by atoms with Crippen molar-refractivity contribution in [2.75, 3.05) is 19.6 Å². The van der Waals surface area contributed by atoms with Crippen LogP contribution in [-0.4, -0.2) is 40.0 Å². The van der Waals surface area contributed by atoms with Gasteiger partial charge in [0, 0.05) is 49.7 Å². The van der Waals surface area contributed by atoms with Gasteiger partial charge in [-0.2, -0.15) is 0 Å². The second-order valence-electron chi connectivity index (χ2n) is 6.13. The lowest BCUT2D eigenvalue weighted by atomic mass is 10.3. The summed E-state index contributed by atoms with van der Waals surface area (Å²) in [7, 11) is 0. The number of imidazole rings is 1. The van der Waals surface area contributed by atoms with Crippen molar-refractivity contribution < 1.29 is 0 Å². The Hall–Kier alpha value is -1.68. The Labute approximate surface area is 181 Å². The van der Waals surface area contributed by atoms with Crippen LogP contribution in [0.4, 0.5) is 0 Å². The molecule has 0 aliphatic carbocycles. The summed E-state index contributed by atoms with van der Waals surface area (Å²) in [6, 6.07) is 6.04. The molecule has 0 aromatic carbocycles. The van der Waals surface area contributed by atoms with E-state index < -0.39 is 0 Å². The molecule has 0 spiro atoms. The summed E-state index contributed by atoms with van der Waals surface area (Å²) in [4.78, 5) is 15.1. The Morgan fingerprint density at radius 1 is 1.19 bits per heavy atom. The van der Waals surface area contributed by atoms with Crippen LogP contribution in [0.2, 0.25) is 0 Å². The van der Waals surface area contributed by atoms with Crippen LogP contribution in [0.1, 0.15) is 28.2 Å². The highest BCUT2D eigenvalue weighted by molar-refractivity contribution is 14.0. The summed E-state index contributed by atoms with van der Waals surface area (Å²) in [6.07, 6.45) is 5.83. The smallest absolute Gasteiger partial charge is 0.191 e. The van der Waals surface area contributed by atoms with E-state index in [1.807, 2.05) is 28.8 Å². The topological polar surface area (TPSA) is 66.6 Å².